The van der Waals surface area contributed by atoms with Gasteiger partial charge in [0.25, 0.3) is 0 Å². The number of carbonyl (C=O) groups excluding carboxylic acids is 1. The fraction of sp³-hybridized carbons (Fsp3) is 0.667. The number of carbonyl (C=O) groups is 1. The summed E-state index contributed by atoms with van der Waals surface area (Å²) in [6, 6.07) is 0. The van der Waals surface area contributed by atoms with Gasteiger partial charge in [0.2, 0.25) is 5.56 Å². The molecule has 3 nitrogen and oxygen atoms in total. The number of rotatable bonds is 6. The first kappa shape index (κ1) is 12.5. The van der Waals surface area contributed by atoms with Gasteiger partial charge in [0.15, 0.2) is 0 Å². The predicted molar refractivity (Wildman–Crippen MR) is 51.7 cm³/mol. The molecule has 0 aromatic heterocycles. The topological polar surface area (TPSA) is 35.5 Å². The first-order valence-corrected chi connectivity index (χ1v) is 4.60. The van der Waals surface area contributed by atoms with E-state index in [4.69, 9.17) is 16.3 Å². The smallest absolute Gasteiger partial charge is 0.350 e. The maximum atomic E-state index is 10.7. The number of ether oxygens (including phenoxy) is 2. The van der Waals surface area contributed by atoms with Gasteiger partial charge in [0.1, 0.15) is 0 Å². The fourth-order valence-corrected chi connectivity index (χ4v) is 0.894. The molecule has 0 radical (unpaired) electrons. The van der Waals surface area contributed by atoms with Gasteiger partial charge in [-0.15, -0.1) is 0 Å². The van der Waals surface area contributed by atoms with E-state index in [1.807, 2.05) is 19.1 Å². The lowest BCUT2D eigenvalue weighted by molar-refractivity contribution is -0.148. The molecule has 1 atom stereocenters. The number of hydrogen-bond acceptors (Lipinski definition) is 3. The molecule has 1 unspecified atom stereocenters. The van der Waals surface area contributed by atoms with E-state index >= 15 is 0 Å². The first-order valence-electron chi connectivity index (χ1n) is 4.17. The fourth-order valence-electron chi connectivity index (χ4n) is 0.715. The molecule has 0 aliphatic rings. The minimum absolute atomic E-state index is 0.466. The monoisotopic (exact) mass is 206 g/mol. The molecule has 0 saturated carbocycles. The Bertz CT molecular complexity index is 168. The van der Waals surface area contributed by atoms with E-state index in [1.54, 1.807) is 0 Å². The van der Waals surface area contributed by atoms with Gasteiger partial charge in [0, 0.05) is 6.61 Å². The van der Waals surface area contributed by atoms with Crippen molar-refractivity contribution in [3.05, 3.63) is 12.2 Å². The summed E-state index contributed by atoms with van der Waals surface area (Å²) in [5.41, 5.74) is -0.976. The van der Waals surface area contributed by atoms with Crippen molar-refractivity contribution in [1.29, 1.82) is 0 Å². The van der Waals surface area contributed by atoms with Crippen LogP contribution in [0.25, 0.3) is 0 Å². The Morgan fingerprint density at radius 2 is 2.31 bits per heavy atom. The Balaban J connectivity index is 3.36. The molecule has 0 saturated heterocycles. The maximum absolute atomic E-state index is 10.7. The van der Waals surface area contributed by atoms with Gasteiger partial charge in [-0.25, -0.2) is 4.79 Å². The van der Waals surface area contributed by atoms with Crippen molar-refractivity contribution in [3.63, 3.8) is 0 Å². The van der Waals surface area contributed by atoms with Crippen LogP contribution in [-0.2, 0) is 14.3 Å². The number of alkyl halides is 1. The molecule has 0 aliphatic carbocycles. The summed E-state index contributed by atoms with van der Waals surface area (Å²) in [5.74, 6) is -0.548. The van der Waals surface area contributed by atoms with Gasteiger partial charge in [-0.1, -0.05) is 23.8 Å². The molecular formula is C9H15ClO3. The molecule has 0 spiro atoms. The Hall–Kier alpha value is -0.540. The van der Waals surface area contributed by atoms with Crippen molar-refractivity contribution >= 4 is 17.6 Å². The Morgan fingerprint density at radius 3 is 2.85 bits per heavy atom. The van der Waals surface area contributed by atoms with Crippen molar-refractivity contribution in [1.82, 2.24) is 0 Å². The highest BCUT2D eigenvalue weighted by Crippen LogP contribution is 2.02. The standard InChI is InChI=1S/C9H15ClO3/c1-3-4-5-6-7-13-8(10)9(11)12-2/h3-4,8H,5-7H2,1-2H3/b4-3+. The third kappa shape index (κ3) is 6.61. The van der Waals surface area contributed by atoms with Crippen molar-refractivity contribution in [2.75, 3.05) is 13.7 Å². The number of halogens is 1. The van der Waals surface area contributed by atoms with Crippen molar-refractivity contribution in [3.8, 4) is 0 Å². The van der Waals surface area contributed by atoms with E-state index in [0.717, 1.165) is 12.8 Å². The second-order valence-corrected chi connectivity index (χ2v) is 2.82. The van der Waals surface area contributed by atoms with E-state index in [2.05, 4.69) is 4.74 Å². The van der Waals surface area contributed by atoms with Crippen LogP contribution in [0.1, 0.15) is 19.8 Å². The molecule has 0 rings (SSSR count). The lowest BCUT2D eigenvalue weighted by Gasteiger charge is -2.07. The van der Waals surface area contributed by atoms with E-state index < -0.39 is 11.5 Å². The molecular weight excluding hydrogens is 192 g/mol. The van der Waals surface area contributed by atoms with Crippen LogP contribution in [0.15, 0.2) is 12.2 Å². The highest BCUT2D eigenvalue weighted by molar-refractivity contribution is 6.28. The Morgan fingerprint density at radius 1 is 1.62 bits per heavy atom. The molecule has 76 valence electrons. The number of unbranched alkanes of at least 4 members (excludes halogenated alkanes) is 1. The maximum Gasteiger partial charge on any atom is 0.350 e. The van der Waals surface area contributed by atoms with Crippen LogP contribution in [0.4, 0.5) is 0 Å². The predicted octanol–water partition coefficient (Wildman–Crippen LogP) is 2.10. The largest absolute Gasteiger partial charge is 0.466 e. The van der Waals surface area contributed by atoms with Gasteiger partial charge in [0.05, 0.1) is 7.11 Å². The van der Waals surface area contributed by atoms with Crippen molar-refractivity contribution in [2.24, 2.45) is 0 Å². The van der Waals surface area contributed by atoms with Gasteiger partial charge in [-0.2, -0.15) is 0 Å². The van der Waals surface area contributed by atoms with E-state index in [9.17, 15) is 4.79 Å². The first-order chi connectivity index (χ1) is 6.22. The Kier molecular flexibility index (Phi) is 7.74. The van der Waals surface area contributed by atoms with Crippen LogP contribution in [0.3, 0.4) is 0 Å². The quantitative estimate of drug-likeness (QED) is 0.289. The minimum Gasteiger partial charge on any atom is -0.466 e. The summed E-state index contributed by atoms with van der Waals surface area (Å²) in [4.78, 5) is 10.7. The highest BCUT2D eigenvalue weighted by atomic mass is 35.5. The van der Waals surface area contributed by atoms with Crippen LogP contribution in [0.5, 0.6) is 0 Å². The summed E-state index contributed by atoms with van der Waals surface area (Å²) >= 11 is 5.53. The zero-order valence-corrected chi connectivity index (χ0v) is 8.71. The molecule has 0 heterocycles. The van der Waals surface area contributed by atoms with Gasteiger partial charge >= 0.3 is 5.97 Å². The summed E-state index contributed by atoms with van der Waals surface area (Å²) in [5, 5.41) is 0. The molecule has 13 heavy (non-hydrogen) atoms. The second kappa shape index (κ2) is 8.08. The molecule has 0 amide bonds. The highest BCUT2D eigenvalue weighted by Gasteiger charge is 2.14. The molecule has 0 fully saturated rings. The van der Waals surface area contributed by atoms with E-state index in [0.29, 0.717) is 6.61 Å². The number of esters is 1. The van der Waals surface area contributed by atoms with Gasteiger partial charge in [-0.05, 0) is 19.8 Å². The number of hydrogen-bond donors (Lipinski definition) is 0. The zero-order valence-electron chi connectivity index (χ0n) is 7.96. The van der Waals surface area contributed by atoms with Gasteiger partial charge in [-0.3, -0.25) is 0 Å². The zero-order chi connectivity index (χ0) is 10.1. The van der Waals surface area contributed by atoms with E-state index in [1.165, 1.54) is 7.11 Å². The molecule has 4 heteroatoms. The van der Waals surface area contributed by atoms with Crippen LogP contribution in [0.2, 0.25) is 0 Å². The number of methoxy groups -OCH3 is 1. The second-order valence-electron chi connectivity index (χ2n) is 2.42. The molecule has 0 aromatic rings. The summed E-state index contributed by atoms with van der Waals surface area (Å²) in [7, 11) is 1.28. The average molecular weight is 207 g/mol. The summed E-state index contributed by atoms with van der Waals surface area (Å²) < 4.78 is 9.38. The summed E-state index contributed by atoms with van der Waals surface area (Å²) in [6.45, 7) is 2.42. The average Bonchev–Trinajstić information content (AvgIpc) is 2.16. The lowest BCUT2D eigenvalue weighted by Crippen LogP contribution is -2.19. The third-order valence-electron chi connectivity index (χ3n) is 1.40. The number of allylic oxidation sites excluding steroid dienone is 2. The van der Waals surface area contributed by atoms with E-state index in [-0.39, 0.29) is 0 Å². The van der Waals surface area contributed by atoms with Crippen LogP contribution < -0.4 is 0 Å². The van der Waals surface area contributed by atoms with Crippen LogP contribution >= 0.6 is 11.6 Å². The Labute approximate surface area is 83.7 Å². The normalized spacial score (nSPS) is 13.2. The molecule has 0 N–H and O–H groups in total. The SMILES string of the molecule is C/C=C/CCCOC(Cl)C(=O)OC. The molecule has 0 aromatic carbocycles. The summed E-state index contributed by atoms with van der Waals surface area (Å²) in [6.07, 6.45) is 5.79. The van der Waals surface area contributed by atoms with Crippen molar-refractivity contribution < 1.29 is 14.3 Å². The minimum atomic E-state index is -0.976. The van der Waals surface area contributed by atoms with Gasteiger partial charge < -0.3 is 9.47 Å². The van der Waals surface area contributed by atoms with Crippen LogP contribution in [0, 0.1) is 0 Å². The van der Waals surface area contributed by atoms with Crippen LogP contribution in [-0.4, -0.2) is 25.2 Å². The third-order valence-corrected chi connectivity index (χ3v) is 1.71. The lowest BCUT2D eigenvalue weighted by atomic mass is 10.3. The molecule has 0 aliphatic heterocycles. The molecule has 0 bridgehead atoms. The van der Waals surface area contributed by atoms with Crippen molar-refractivity contribution in [2.45, 2.75) is 25.3 Å².